The van der Waals surface area contributed by atoms with Gasteiger partial charge in [-0.1, -0.05) is 38.1 Å². The average Bonchev–Trinajstić information content (AvgIpc) is 3.32. The summed E-state index contributed by atoms with van der Waals surface area (Å²) in [5, 5.41) is 3.17. The summed E-state index contributed by atoms with van der Waals surface area (Å²) >= 11 is 0. The predicted octanol–water partition coefficient (Wildman–Crippen LogP) is 3.45. The zero-order valence-corrected chi connectivity index (χ0v) is 18.3. The van der Waals surface area contributed by atoms with Gasteiger partial charge in [0.25, 0.3) is 0 Å². The lowest BCUT2D eigenvalue weighted by Gasteiger charge is -2.24. The van der Waals surface area contributed by atoms with Crippen molar-refractivity contribution in [2.45, 2.75) is 26.3 Å². The Morgan fingerprint density at radius 2 is 1.87 bits per heavy atom. The van der Waals surface area contributed by atoms with Crippen LogP contribution in [0, 0.1) is 11.8 Å². The number of nitrogens with zero attached hydrogens (tertiary/aromatic N) is 3. The van der Waals surface area contributed by atoms with Crippen LogP contribution in [0.5, 0.6) is 5.75 Å². The van der Waals surface area contributed by atoms with Crippen molar-refractivity contribution in [3.8, 4) is 5.75 Å². The number of hydrogen-bond acceptors (Lipinski definition) is 4. The van der Waals surface area contributed by atoms with E-state index >= 15 is 0 Å². The van der Waals surface area contributed by atoms with Gasteiger partial charge in [0.2, 0.25) is 11.8 Å². The van der Waals surface area contributed by atoms with Crippen molar-refractivity contribution in [2.75, 3.05) is 18.6 Å². The minimum atomic E-state index is -0.423. The monoisotopic (exact) mass is 420 g/mol. The third kappa shape index (κ3) is 3.87. The highest BCUT2D eigenvalue weighted by atomic mass is 16.5. The second-order valence-electron chi connectivity index (χ2n) is 8.33. The van der Waals surface area contributed by atoms with E-state index in [2.05, 4.69) is 19.2 Å². The Hall–Kier alpha value is -3.35. The number of para-hydroxylation sites is 4. The predicted molar refractivity (Wildman–Crippen MR) is 120 cm³/mol. The minimum absolute atomic E-state index is 0.0755. The average molecular weight is 421 g/mol. The summed E-state index contributed by atoms with van der Waals surface area (Å²) in [5.41, 5.74) is 2.62. The summed E-state index contributed by atoms with van der Waals surface area (Å²) in [7, 11) is 3.54. The summed E-state index contributed by atoms with van der Waals surface area (Å²) < 4.78 is 7.42. The van der Waals surface area contributed by atoms with Crippen LogP contribution in [0.1, 0.15) is 32.1 Å². The number of imidazole rings is 1. The molecule has 1 aliphatic rings. The molecule has 7 nitrogen and oxygen atoms in total. The van der Waals surface area contributed by atoms with Crippen molar-refractivity contribution in [1.82, 2.24) is 14.9 Å². The fourth-order valence-electron chi connectivity index (χ4n) is 4.21. The first-order valence-electron chi connectivity index (χ1n) is 10.6. The first-order valence-corrected chi connectivity index (χ1v) is 10.6. The molecule has 1 aliphatic heterocycles. The van der Waals surface area contributed by atoms with Crippen molar-refractivity contribution < 1.29 is 14.3 Å². The Morgan fingerprint density at radius 1 is 1.16 bits per heavy atom. The van der Waals surface area contributed by atoms with Crippen LogP contribution in [0.25, 0.3) is 11.0 Å². The van der Waals surface area contributed by atoms with E-state index in [9.17, 15) is 9.59 Å². The molecule has 0 aliphatic carbocycles. The summed E-state index contributed by atoms with van der Waals surface area (Å²) in [6.07, 6.45) is 0.178. The quantitative estimate of drug-likeness (QED) is 0.663. The molecule has 0 unspecified atom stereocenters. The molecular formula is C24H28N4O3. The third-order valence-corrected chi connectivity index (χ3v) is 5.94. The standard InChI is InChI=1S/C24H28N4O3/c1-15(2)22(23-25-17-9-5-6-10-18(17)27(23)3)26-24(30)16-13-21(29)28(14-16)19-11-7-8-12-20(19)31-4/h5-12,15-16,22H,13-14H2,1-4H3,(H,26,30)/t16-,22-/m0/s1. The third-order valence-electron chi connectivity index (χ3n) is 5.94. The molecule has 0 spiro atoms. The largest absolute Gasteiger partial charge is 0.495 e. The summed E-state index contributed by atoms with van der Waals surface area (Å²) in [5.74, 6) is 0.951. The molecule has 0 saturated carbocycles. The maximum absolute atomic E-state index is 13.2. The number of aryl methyl sites for hydroxylation is 1. The van der Waals surface area contributed by atoms with Gasteiger partial charge in [-0.25, -0.2) is 4.98 Å². The molecular weight excluding hydrogens is 392 g/mol. The zero-order valence-electron chi connectivity index (χ0n) is 18.3. The van der Waals surface area contributed by atoms with Gasteiger partial charge in [0.05, 0.1) is 35.8 Å². The number of aromatic nitrogens is 2. The lowest BCUT2D eigenvalue weighted by molar-refractivity contribution is -0.127. The van der Waals surface area contributed by atoms with E-state index in [4.69, 9.17) is 9.72 Å². The van der Waals surface area contributed by atoms with Crippen molar-refractivity contribution >= 4 is 28.5 Å². The molecule has 1 N–H and O–H groups in total. The number of nitrogens with one attached hydrogen (secondary N) is 1. The van der Waals surface area contributed by atoms with Crippen LogP contribution >= 0.6 is 0 Å². The van der Waals surface area contributed by atoms with Crippen LogP contribution < -0.4 is 15.0 Å². The van der Waals surface area contributed by atoms with Gasteiger partial charge in [-0.2, -0.15) is 0 Å². The molecule has 2 aromatic carbocycles. The van der Waals surface area contributed by atoms with Gasteiger partial charge < -0.3 is 19.5 Å². The van der Waals surface area contributed by atoms with Gasteiger partial charge in [0.15, 0.2) is 0 Å². The fourth-order valence-corrected chi connectivity index (χ4v) is 4.21. The molecule has 0 bridgehead atoms. The molecule has 31 heavy (non-hydrogen) atoms. The smallest absolute Gasteiger partial charge is 0.227 e. The summed E-state index contributed by atoms with van der Waals surface area (Å²) in [6.45, 7) is 4.45. The maximum atomic E-state index is 13.2. The van der Waals surface area contributed by atoms with Crippen molar-refractivity contribution in [1.29, 1.82) is 0 Å². The molecule has 1 aromatic heterocycles. The Morgan fingerprint density at radius 3 is 2.58 bits per heavy atom. The molecule has 2 heterocycles. The molecule has 2 amide bonds. The van der Waals surface area contributed by atoms with E-state index in [-0.39, 0.29) is 30.2 Å². The Bertz CT molecular complexity index is 1120. The van der Waals surface area contributed by atoms with Crippen molar-refractivity contribution in [3.63, 3.8) is 0 Å². The molecule has 0 radical (unpaired) electrons. The van der Waals surface area contributed by atoms with Gasteiger partial charge in [0, 0.05) is 20.0 Å². The van der Waals surface area contributed by atoms with E-state index < -0.39 is 5.92 Å². The topological polar surface area (TPSA) is 76.5 Å². The zero-order chi connectivity index (χ0) is 22.1. The number of hydrogen-bond donors (Lipinski definition) is 1. The van der Waals surface area contributed by atoms with E-state index in [0.29, 0.717) is 18.0 Å². The molecule has 3 aromatic rings. The van der Waals surface area contributed by atoms with Crippen LogP contribution in [0.4, 0.5) is 5.69 Å². The highest BCUT2D eigenvalue weighted by Crippen LogP contribution is 2.33. The summed E-state index contributed by atoms with van der Waals surface area (Å²) in [4.78, 5) is 32.3. The summed E-state index contributed by atoms with van der Waals surface area (Å²) in [6, 6.07) is 15.1. The molecule has 1 fully saturated rings. The second kappa shape index (κ2) is 8.41. The van der Waals surface area contributed by atoms with Crippen LogP contribution in [-0.4, -0.2) is 35.0 Å². The molecule has 2 atom stereocenters. The van der Waals surface area contributed by atoms with Crippen LogP contribution in [-0.2, 0) is 16.6 Å². The maximum Gasteiger partial charge on any atom is 0.227 e. The van der Waals surface area contributed by atoms with Crippen molar-refractivity contribution in [3.05, 3.63) is 54.4 Å². The fraction of sp³-hybridized carbons (Fsp3) is 0.375. The normalized spacial score (nSPS) is 17.4. The van der Waals surface area contributed by atoms with E-state index in [1.807, 2.05) is 60.1 Å². The van der Waals surface area contributed by atoms with Crippen LogP contribution in [0.2, 0.25) is 0 Å². The van der Waals surface area contributed by atoms with E-state index in [1.54, 1.807) is 12.0 Å². The van der Waals surface area contributed by atoms with Gasteiger partial charge in [0.1, 0.15) is 11.6 Å². The lowest BCUT2D eigenvalue weighted by atomic mass is 10.0. The lowest BCUT2D eigenvalue weighted by Crippen LogP contribution is -2.38. The first kappa shape index (κ1) is 20.9. The number of fused-ring (bicyclic) bond motifs is 1. The number of carbonyl (C=O) groups excluding carboxylic acids is 2. The van der Waals surface area contributed by atoms with Crippen molar-refractivity contribution in [2.24, 2.45) is 18.9 Å². The second-order valence-corrected chi connectivity index (χ2v) is 8.33. The molecule has 4 rings (SSSR count). The Labute approximate surface area is 182 Å². The Balaban J connectivity index is 1.55. The molecule has 162 valence electrons. The number of rotatable bonds is 6. The van der Waals surface area contributed by atoms with Gasteiger partial charge >= 0.3 is 0 Å². The van der Waals surface area contributed by atoms with Gasteiger partial charge in [-0.3, -0.25) is 9.59 Å². The molecule has 1 saturated heterocycles. The number of methoxy groups -OCH3 is 1. The number of ether oxygens (including phenoxy) is 1. The number of anilines is 1. The highest BCUT2D eigenvalue weighted by molar-refractivity contribution is 6.01. The van der Waals surface area contributed by atoms with Crippen LogP contribution in [0.3, 0.4) is 0 Å². The number of benzene rings is 2. The van der Waals surface area contributed by atoms with Gasteiger partial charge in [-0.05, 0) is 30.2 Å². The highest BCUT2D eigenvalue weighted by Gasteiger charge is 2.37. The number of amides is 2. The SMILES string of the molecule is COc1ccccc1N1C[C@@H](C(=O)N[C@H](c2nc3ccccc3n2C)C(C)C)CC1=O. The van der Waals surface area contributed by atoms with Gasteiger partial charge in [-0.15, -0.1) is 0 Å². The van der Waals surface area contributed by atoms with E-state index in [1.165, 1.54) is 0 Å². The van der Waals surface area contributed by atoms with Crippen LogP contribution in [0.15, 0.2) is 48.5 Å². The molecule has 7 heteroatoms. The minimum Gasteiger partial charge on any atom is -0.495 e. The number of carbonyl (C=O) groups is 2. The first-order chi connectivity index (χ1) is 14.9. The van der Waals surface area contributed by atoms with E-state index in [0.717, 1.165) is 16.9 Å². The Kier molecular flexibility index (Phi) is 5.67.